The molecule has 1 aromatic rings. The van der Waals surface area contributed by atoms with Gasteiger partial charge in [0, 0.05) is 25.6 Å². The molecular formula is C13H23N5O2. The number of hydrogen-bond donors (Lipinski definition) is 3. The van der Waals surface area contributed by atoms with Gasteiger partial charge in [0.25, 0.3) is 0 Å². The maximum absolute atomic E-state index is 11.6. The third-order valence-corrected chi connectivity index (χ3v) is 2.75. The Hall–Kier alpha value is -1.89. The van der Waals surface area contributed by atoms with Gasteiger partial charge in [-0.05, 0) is 13.3 Å². The van der Waals surface area contributed by atoms with Gasteiger partial charge in [-0.2, -0.15) is 0 Å². The first-order chi connectivity index (χ1) is 9.58. The molecule has 0 bridgehead atoms. The summed E-state index contributed by atoms with van der Waals surface area (Å²) in [4.78, 5) is 20.2. The molecule has 0 spiro atoms. The molecule has 1 rings (SSSR count). The van der Waals surface area contributed by atoms with Gasteiger partial charge >= 0.3 is 0 Å². The second-order valence-corrected chi connectivity index (χ2v) is 4.44. The van der Waals surface area contributed by atoms with Gasteiger partial charge in [0.2, 0.25) is 5.91 Å². The normalized spacial score (nSPS) is 10.3. The second kappa shape index (κ2) is 8.31. The van der Waals surface area contributed by atoms with Crippen LogP contribution in [0.3, 0.4) is 0 Å². The molecular weight excluding hydrogens is 258 g/mol. The van der Waals surface area contributed by atoms with Crippen molar-refractivity contribution in [2.75, 3.05) is 37.9 Å². The standard InChI is InChI=1S/C13H23N5O2/c1-4-5-10-17-12(14)9(2)13(18-10)16-8-11(19)15-6-7-20-3/h4-8H2,1-3H3,(H,15,19)(H3,14,16,17,18). The quantitative estimate of drug-likeness (QED) is 0.599. The lowest BCUT2D eigenvalue weighted by atomic mass is 10.2. The zero-order valence-electron chi connectivity index (χ0n) is 12.3. The summed E-state index contributed by atoms with van der Waals surface area (Å²) in [5, 5.41) is 5.72. The molecule has 0 radical (unpaired) electrons. The van der Waals surface area contributed by atoms with Crippen LogP contribution in [0.1, 0.15) is 24.7 Å². The number of ether oxygens (including phenoxy) is 1. The molecule has 0 aliphatic carbocycles. The van der Waals surface area contributed by atoms with Gasteiger partial charge in [0.1, 0.15) is 17.5 Å². The van der Waals surface area contributed by atoms with Crippen molar-refractivity contribution in [3.05, 3.63) is 11.4 Å². The summed E-state index contributed by atoms with van der Waals surface area (Å²) in [6.07, 6.45) is 1.71. The van der Waals surface area contributed by atoms with Crippen molar-refractivity contribution >= 4 is 17.5 Å². The minimum atomic E-state index is -0.115. The summed E-state index contributed by atoms with van der Waals surface area (Å²) in [6, 6.07) is 0. The highest BCUT2D eigenvalue weighted by molar-refractivity contribution is 5.80. The van der Waals surface area contributed by atoms with E-state index in [1.165, 1.54) is 0 Å². The highest BCUT2D eigenvalue weighted by Crippen LogP contribution is 2.17. The number of anilines is 2. The van der Waals surface area contributed by atoms with E-state index in [2.05, 4.69) is 27.5 Å². The highest BCUT2D eigenvalue weighted by atomic mass is 16.5. The number of hydrogen-bond acceptors (Lipinski definition) is 6. The number of carbonyl (C=O) groups is 1. The molecule has 1 amide bonds. The number of methoxy groups -OCH3 is 1. The molecule has 4 N–H and O–H groups in total. The van der Waals surface area contributed by atoms with E-state index in [0.717, 1.165) is 18.4 Å². The van der Waals surface area contributed by atoms with Crippen molar-refractivity contribution in [2.45, 2.75) is 26.7 Å². The van der Waals surface area contributed by atoms with E-state index < -0.39 is 0 Å². The lowest BCUT2D eigenvalue weighted by molar-refractivity contribution is -0.119. The van der Waals surface area contributed by atoms with E-state index in [4.69, 9.17) is 10.5 Å². The molecule has 7 heteroatoms. The van der Waals surface area contributed by atoms with Gasteiger partial charge in [0.15, 0.2) is 0 Å². The smallest absolute Gasteiger partial charge is 0.239 e. The summed E-state index contributed by atoms with van der Waals surface area (Å²) in [5.41, 5.74) is 6.61. The van der Waals surface area contributed by atoms with Gasteiger partial charge < -0.3 is 21.1 Å². The molecule has 0 unspecified atom stereocenters. The van der Waals surface area contributed by atoms with E-state index in [1.807, 2.05) is 6.92 Å². The Balaban J connectivity index is 2.60. The van der Waals surface area contributed by atoms with Crippen LogP contribution < -0.4 is 16.4 Å². The number of nitrogens with zero attached hydrogens (tertiary/aromatic N) is 2. The molecule has 0 saturated carbocycles. The highest BCUT2D eigenvalue weighted by Gasteiger charge is 2.09. The Bertz CT molecular complexity index is 451. The number of amides is 1. The van der Waals surface area contributed by atoms with Crippen LogP contribution in [-0.2, 0) is 16.0 Å². The number of aryl methyl sites for hydroxylation is 1. The monoisotopic (exact) mass is 281 g/mol. The molecule has 0 saturated heterocycles. The van der Waals surface area contributed by atoms with Crippen molar-refractivity contribution < 1.29 is 9.53 Å². The maximum Gasteiger partial charge on any atom is 0.239 e. The second-order valence-electron chi connectivity index (χ2n) is 4.44. The van der Waals surface area contributed by atoms with Crippen molar-refractivity contribution in [2.24, 2.45) is 0 Å². The lowest BCUT2D eigenvalue weighted by Crippen LogP contribution is -2.32. The third kappa shape index (κ3) is 5.00. The molecule has 20 heavy (non-hydrogen) atoms. The molecule has 0 aliphatic heterocycles. The Labute approximate surface area is 119 Å². The Morgan fingerprint density at radius 1 is 1.40 bits per heavy atom. The van der Waals surface area contributed by atoms with Gasteiger partial charge in [-0.25, -0.2) is 9.97 Å². The Kier molecular flexibility index (Phi) is 6.72. The fourth-order valence-electron chi connectivity index (χ4n) is 1.61. The van der Waals surface area contributed by atoms with E-state index in [0.29, 0.717) is 30.6 Å². The van der Waals surface area contributed by atoms with E-state index in [-0.39, 0.29) is 12.5 Å². The van der Waals surface area contributed by atoms with Crippen LogP contribution in [0, 0.1) is 6.92 Å². The number of aromatic nitrogens is 2. The maximum atomic E-state index is 11.6. The number of carbonyl (C=O) groups excluding carboxylic acids is 1. The predicted octanol–water partition coefficient (Wildman–Crippen LogP) is 0.494. The van der Waals surface area contributed by atoms with Crippen LogP contribution in [0.25, 0.3) is 0 Å². The molecule has 7 nitrogen and oxygen atoms in total. The summed E-state index contributed by atoms with van der Waals surface area (Å²) < 4.78 is 4.86. The molecule has 1 heterocycles. The van der Waals surface area contributed by atoms with Crippen LogP contribution in [0.15, 0.2) is 0 Å². The summed E-state index contributed by atoms with van der Waals surface area (Å²) >= 11 is 0. The van der Waals surface area contributed by atoms with E-state index >= 15 is 0 Å². The van der Waals surface area contributed by atoms with Crippen molar-refractivity contribution in [3.63, 3.8) is 0 Å². The fraction of sp³-hybridized carbons (Fsp3) is 0.615. The van der Waals surface area contributed by atoms with Crippen LogP contribution in [-0.4, -0.2) is 42.7 Å². The van der Waals surface area contributed by atoms with Crippen LogP contribution >= 0.6 is 0 Å². The average Bonchev–Trinajstić information content (AvgIpc) is 2.41. The number of nitrogens with two attached hydrogens (primary N) is 1. The molecule has 0 fully saturated rings. The molecule has 0 aliphatic rings. The Morgan fingerprint density at radius 2 is 2.15 bits per heavy atom. The zero-order chi connectivity index (χ0) is 15.0. The molecule has 0 atom stereocenters. The van der Waals surface area contributed by atoms with E-state index in [1.54, 1.807) is 7.11 Å². The van der Waals surface area contributed by atoms with Crippen LogP contribution in [0.2, 0.25) is 0 Å². The van der Waals surface area contributed by atoms with Crippen molar-refractivity contribution in [3.8, 4) is 0 Å². The van der Waals surface area contributed by atoms with Crippen molar-refractivity contribution in [1.82, 2.24) is 15.3 Å². The van der Waals surface area contributed by atoms with E-state index in [9.17, 15) is 4.79 Å². The predicted molar refractivity (Wildman–Crippen MR) is 78.6 cm³/mol. The van der Waals surface area contributed by atoms with Crippen LogP contribution in [0.5, 0.6) is 0 Å². The molecule has 0 aromatic carbocycles. The molecule has 1 aromatic heterocycles. The fourth-order valence-corrected chi connectivity index (χ4v) is 1.61. The Morgan fingerprint density at radius 3 is 2.80 bits per heavy atom. The van der Waals surface area contributed by atoms with Crippen LogP contribution in [0.4, 0.5) is 11.6 Å². The average molecular weight is 281 g/mol. The van der Waals surface area contributed by atoms with Gasteiger partial charge in [0.05, 0.1) is 13.2 Å². The minimum absolute atomic E-state index is 0.115. The third-order valence-electron chi connectivity index (χ3n) is 2.75. The lowest BCUT2D eigenvalue weighted by Gasteiger charge is -2.12. The minimum Gasteiger partial charge on any atom is -0.383 e. The number of rotatable bonds is 8. The van der Waals surface area contributed by atoms with Gasteiger partial charge in [-0.1, -0.05) is 6.92 Å². The topological polar surface area (TPSA) is 102 Å². The summed E-state index contributed by atoms with van der Waals surface area (Å²) in [5.74, 6) is 1.64. The van der Waals surface area contributed by atoms with Crippen molar-refractivity contribution in [1.29, 1.82) is 0 Å². The largest absolute Gasteiger partial charge is 0.383 e. The SMILES string of the molecule is CCCc1nc(N)c(C)c(NCC(=O)NCCOC)n1. The van der Waals surface area contributed by atoms with Gasteiger partial charge in [-0.3, -0.25) is 4.79 Å². The number of nitrogens with one attached hydrogen (secondary N) is 2. The van der Waals surface area contributed by atoms with Gasteiger partial charge in [-0.15, -0.1) is 0 Å². The first-order valence-electron chi connectivity index (χ1n) is 6.71. The zero-order valence-corrected chi connectivity index (χ0v) is 12.3. The summed E-state index contributed by atoms with van der Waals surface area (Å²) in [7, 11) is 1.59. The number of nitrogen functional groups attached to an aromatic ring is 1. The first-order valence-corrected chi connectivity index (χ1v) is 6.71. The molecule has 112 valence electrons. The first kappa shape index (κ1) is 16.2. The summed E-state index contributed by atoms with van der Waals surface area (Å²) in [6.45, 7) is 5.01.